The summed E-state index contributed by atoms with van der Waals surface area (Å²) in [6, 6.07) is 5.48. The van der Waals surface area contributed by atoms with Gasteiger partial charge in [0, 0.05) is 0 Å². The molecule has 136 valence electrons. The first kappa shape index (κ1) is 22.4. The van der Waals surface area contributed by atoms with Gasteiger partial charge in [-0.2, -0.15) is 0 Å². The second kappa shape index (κ2) is 9.05. The van der Waals surface area contributed by atoms with Gasteiger partial charge in [-0.15, -0.1) is 0 Å². The topological polar surface area (TPSA) is 216 Å². The maximum atomic E-state index is 10.5. The van der Waals surface area contributed by atoms with E-state index in [1.165, 1.54) is 24.3 Å². The lowest BCUT2D eigenvalue weighted by Crippen LogP contribution is -2.14. The first-order valence-corrected chi connectivity index (χ1v) is 9.54. The molecule has 0 radical (unpaired) electrons. The molecule has 1 rings (SSSR count). The van der Waals surface area contributed by atoms with Crippen molar-refractivity contribution >= 4 is 27.1 Å². The molecule has 0 bridgehead atoms. The van der Waals surface area contributed by atoms with E-state index in [1.807, 2.05) is 0 Å². The zero-order chi connectivity index (χ0) is 19.1. The molecule has 0 saturated heterocycles. The predicted molar refractivity (Wildman–Crippen MR) is 81.9 cm³/mol. The molecule has 11 nitrogen and oxygen atoms in total. The van der Waals surface area contributed by atoms with Gasteiger partial charge < -0.3 is 35.5 Å². The third-order valence-corrected chi connectivity index (χ3v) is 6.46. The maximum absolute atomic E-state index is 10.5. The quantitative estimate of drug-likeness (QED) is 0.326. The van der Waals surface area contributed by atoms with Crippen LogP contribution in [-0.2, 0) is 9.13 Å². The Hall–Kier alpha value is -1.58. The lowest BCUT2D eigenvalue weighted by atomic mass is 10.1. The highest BCUT2D eigenvalue weighted by Gasteiger charge is 2.42. The summed E-state index contributed by atoms with van der Waals surface area (Å²) < 4.78 is 21.0. The van der Waals surface area contributed by atoms with Crippen molar-refractivity contribution in [1.29, 1.82) is 0 Å². The van der Waals surface area contributed by atoms with Gasteiger partial charge in [0.25, 0.3) is 0 Å². The van der Waals surface area contributed by atoms with E-state index >= 15 is 0 Å². The van der Waals surface area contributed by atoms with Gasteiger partial charge >= 0.3 is 27.1 Å². The third kappa shape index (κ3) is 7.33. The van der Waals surface area contributed by atoms with Crippen LogP contribution in [0.5, 0.6) is 0 Å². The monoisotopic (exact) mass is 385 g/mol. The number of carboxylic acids is 2. The van der Waals surface area contributed by atoms with Crippen molar-refractivity contribution in [3.05, 3.63) is 35.4 Å². The molecule has 0 saturated carbocycles. The van der Waals surface area contributed by atoms with Gasteiger partial charge in [0.15, 0.2) is 5.40 Å². The Morgan fingerprint density at radius 3 is 1.42 bits per heavy atom. The number of hydrogen-bond donors (Lipinski definition) is 7. The van der Waals surface area contributed by atoms with Gasteiger partial charge in [0.2, 0.25) is 0 Å². The van der Waals surface area contributed by atoms with Crippen molar-refractivity contribution in [3.8, 4) is 0 Å². The SMILES string of the molecule is NCCC(P(=O)(O)O)P(=O)(O)O.O=C(O)c1ccccc1C(=O)O. The Kier molecular flexibility index (Phi) is 8.45. The number of benzene rings is 1. The summed E-state index contributed by atoms with van der Waals surface area (Å²) >= 11 is 0. The number of nitrogens with two attached hydrogens (primary N) is 1. The molecular formula is C11H17NO10P2. The predicted octanol–water partition coefficient (Wildman–Crippen LogP) is 0.0997. The van der Waals surface area contributed by atoms with E-state index in [2.05, 4.69) is 0 Å². The van der Waals surface area contributed by atoms with Crippen LogP contribution in [-0.4, -0.2) is 53.7 Å². The van der Waals surface area contributed by atoms with Crippen molar-refractivity contribution < 1.29 is 48.5 Å². The summed E-state index contributed by atoms with van der Waals surface area (Å²) in [6.45, 7) is -0.180. The molecule has 0 aliphatic heterocycles. The molecule has 1 aromatic carbocycles. The Morgan fingerprint density at radius 2 is 1.25 bits per heavy atom. The zero-order valence-corrected chi connectivity index (χ0v) is 13.9. The third-order valence-electron chi connectivity index (χ3n) is 2.59. The molecule has 13 heteroatoms. The minimum atomic E-state index is -4.76. The Bertz CT molecular complexity index is 624. The summed E-state index contributed by atoms with van der Waals surface area (Å²) in [5.74, 6) is -2.46. The Labute approximate surface area is 136 Å². The summed E-state index contributed by atoms with van der Waals surface area (Å²) in [5, 5.41) is 15.1. The number of aromatic carboxylic acids is 2. The van der Waals surface area contributed by atoms with E-state index in [-0.39, 0.29) is 17.7 Å². The van der Waals surface area contributed by atoms with Crippen LogP contribution in [0.25, 0.3) is 0 Å². The molecule has 0 heterocycles. The summed E-state index contributed by atoms with van der Waals surface area (Å²) in [6.07, 6.45) is -0.394. The molecule has 0 aliphatic rings. The summed E-state index contributed by atoms with van der Waals surface area (Å²) in [5.41, 5.74) is 4.56. The molecule has 0 spiro atoms. The molecule has 24 heavy (non-hydrogen) atoms. The van der Waals surface area contributed by atoms with Gasteiger partial charge in [-0.3, -0.25) is 9.13 Å². The largest absolute Gasteiger partial charge is 0.478 e. The van der Waals surface area contributed by atoms with Crippen LogP contribution in [0.15, 0.2) is 24.3 Å². The van der Waals surface area contributed by atoms with Crippen LogP contribution in [0.2, 0.25) is 0 Å². The second-order valence-corrected chi connectivity index (χ2v) is 8.40. The van der Waals surface area contributed by atoms with Crippen molar-refractivity contribution in [3.63, 3.8) is 0 Å². The smallest absolute Gasteiger partial charge is 0.340 e. The minimum Gasteiger partial charge on any atom is -0.478 e. The van der Waals surface area contributed by atoms with Gasteiger partial charge in [-0.25, -0.2) is 9.59 Å². The van der Waals surface area contributed by atoms with Gasteiger partial charge in [-0.1, -0.05) is 12.1 Å². The average molecular weight is 385 g/mol. The fourth-order valence-corrected chi connectivity index (χ4v) is 4.08. The Balaban J connectivity index is 0.000000441. The fraction of sp³-hybridized carbons (Fsp3) is 0.273. The number of carboxylic acid groups (broad SMARTS) is 2. The lowest BCUT2D eigenvalue weighted by molar-refractivity contribution is 0.0651. The highest BCUT2D eigenvalue weighted by molar-refractivity contribution is 7.70. The van der Waals surface area contributed by atoms with Crippen LogP contribution in [0.4, 0.5) is 0 Å². The average Bonchev–Trinajstić information content (AvgIpc) is 2.42. The first-order valence-electron chi connectivity index (χ1n) is 6.18. The summed E-state index contributed by atoms with van der Waals surface area (Å²) in [4.78, 5) is 55.0. The van der Waals surface area contributed by atoms with E-state index < -0.39 is 39.0 Å². The van der Waals surface area contributed by atoms with Crippen LogP contribution in [0.1, 0.15) is 27.1 Å². The van der Waals surface area contributed by atoms with Crippen LogP contribution in [0.3, 0.4) is 0 Å². The van der Waals surface area contributed by atoms with E-state index in [0.717, 1.165) is 0 Å². The molecule has 8 N–H and O–H groups in total. The van der Waals surface area contributed by atoms with Crippen molar-refractivity contribution in [2.45, 2.75) is 11.8 Å². The highest BCUT2D eigenvalue weighted by atomic mass is 31.2. The van der Waals surface area contributed by atoms with Gasteiger partial charge in [-0.05, 0) is 25.1 Å². The molecular weight excluding hydrogens is 368 g/mol. The van der Waals surface area contributed by atoms with E-state index in [4.69, 9.17) is 35.5 Å². The van der Waals surface area contributed by atoms with Crippen molar-refractivity contribution in [2.75, 3.05) is 6.54 Å². The van der Waals surface area contributed by atoms with E-state index in [1.54, 1.807) is 0 Å². The highest BCUT2D eigenvalue weighted by Crippen LogP contribution is 2.60. The number of hydrogen-bond acceptors (Lipinski definition) is 5. The maximum Gasteiger partial charge on any atom is 0.340 e. The molecule has 0 fully saturated rings. The molecule has 1 aromatic rings. The fourth-order valence-electron chi connectivity index (χ4n) is 1.54. The first-order chi connectivity index (χ1) is 10.8. The molecule has 0 aromatic heterocycles. The number of rotatable bonds is 6. The minimum absolute atomic E-state index is 0.180. The molecule has 0 atom stereocenters. The standard InChI is InChI=1S/C8H6O4.C3H11NO6P2/c9-7(10)5-3-1-2-4-6(5)8(11)12;4-2-1-3(11(5,6)7)12(8,9)10/h1-4H,(H,9,10)(H,11,12);3H,1-2,4H2,(H2,5,6,7)(H2,8,9,10). The van der Waals surface area contributed by atoms with Gasteiger partial charge in [0.05, 0.1) is 11.1 Å². The lowest BCUT2D eigenvalue weighted by Gasteiger charge is -2.18. The Morgan fingerprint density at radius 1 is 0.917 bits per heavy atom. The normalized spacial score (nSPS) is 11.6. The van der Waals surface area contributed by atoms with E-state index in [9.17, 15) is 18.7 Å². The van der Waals surface area contributed by atoms with Gasteiger partial charge in [0.1, 0.15) is 0 Å². The summed E-state index contributed by atoms with van der Waals surface area (Å²) in [7, 11) is -9.51. The molecule has 0 aliphatic carbocycles. The van der Waals surface area contributed by atoms with Crippen molar-refractivity contribution in [1.82, 2.24) is 0 Å². The van der Waals surface area contributed by atoms with E-state index in [0.29, 0.717) is 0 Å². The zero-order valence-electron chi connectivity index (χ0n) is 12.1. The van der Waals surface area contributed by atoms with Crippen LogP contribution in [0, 0.1) is 0 Å². The number of carbonyl (C=O) groups is 2. The second-order valence-electron chi connectivity index (χ2n) is 4.39. The van der Waals surface area contributed by atoms with Crippen LogP contribution >= 0.6 is 15.2 Å². The molecule has 0 amide bonds. The van der Waals surface area contributed by atoms with Crippen LogP contribution < -0.4 is 5.73 Å². The molecule has 0 unspecified atom stereocenters. The van der Waals surface area contributed by atoms with Crippen molar-refractivity contribution in [2.24, 2.45) is 5.73 Å².